The van der Waals surface area contributed by atoms with E-state index < -0.39 is 5.41 Å². The summed E-state index contributed by atoms with van der Waals surface area (Å²) in [7, 11) is 0. The average molecular weight is 323 g/mol. The third kappa shape index (κ3) is 7.99. The molecule has 3 heteroatoms. The summed E-state index contributed by atoms with van der Waals surface area (Å²) in [5.41, 5.74) is 5.01. The molecule has 1 aliphatic carbocycles. The Labute approximate surface area is 143 Å². The van der Waals surface area contributed by atoms with Crippen LogP contribution < -0.4 is 5.73 Å². The predicted octanol–water partition coefficient (Wildman–Crippen LogP) is 5.75. The molecule has 0 aromatic carbocycles. The number of nitrogens with two attached hydrogens (primary N) is 1. The Morgan fingerprint density at radius 3 is 1.57 bits per heavy atom. The zero-order valence-electron chi connectivity index (χ0n) is 15.3. The van der Waals surface area contributed by atoms with Crippen molar-refractivity contribution < 1.29 is 4.79 Å². The zero-order chi connectivity index (χ0) is 17.0. The molecule has 0 heterocycles. The fourth-order valence-electron chi connectivity index (χ4n) is 3.37. The van der Waals surface area contributed by atoms with Crippen LogP contribution in [0.2, 0.25) is 0 Å². The maximum atomic E-state index is 12.0. The number of unbranched alkanes of at least 4 members (excludes halogenated alkanes) is 12. The van der Waals surface area contributed by atoms with E-state index in [0.717, 1.165) is 25.7 Å². The minimum absolute atomic E-state index is 0.0946. The molecule has 0 unspecified atom stereocenters. The van der Waals surface area contributed by atoms with Crippen LogP contribution in [0.4, 0.5) is 0 Å². The second-order valence-electron chi connectivity index (χ2n) is 7.41. The van der Waals surface area contributed by atoms with Crippen molar-refractivity contribution in [1.29, 1.82) is 5.41 Å². The highest BCUT2D eigenvalue weighted by Gasteiger charge is 2.51. The van der Waals surface area contributed by atoms with Crippen LogP contribution in [0.15, 0.2) is 0 Å². The molecular weight excluding hydrogens is 284 g/mol. The van der Waals surface area contributed by atoms with Gasteiger partial charge in [0, 0.05) is 6.42 Å². The van der Waals surface area contributed by atoms with Gasteiger partial charge in [-0.05, 0) is 19.3 Å². The molecule has 1 aliphatic rings. The van der Waals surface area contributed by atoms with Gasteiger partial charge < -0.3 is 5.73 Å². The first kappa shape index (κ1) is 20.2. The van der Waals surface area contributed by atoms with Gasteiger partial charge >= 0.3 is 0 Å². The van der Waals surface area contributed by atoms with Gasteiger partial charge in [-0.15, -0.1) is 0 Å². The Bertz CT molecular complexity index is 348. The topological polar surface area (TPSA) is 66.9 Å². The first-order valence-electron chi connectivity index (χ1n) is 10.0. The van der Waals surface area contributed by atoms with Crippen LogP contribution in [0.3, 0.4) is 0 Å². The fraction of sp³-hybridized carbons (Fsp3) is 0.900. The van der Waals surface area contributed by atoms with E-state index in [1.807, 2.05) is 0 Å². The van der Waals surface area contributed by atoms with E-state index >= 15 is 0 Å². The molecule has 3 N–H and O–H groups in total. The number of amidine groups is 1. The highest BCUT2D eigenvalue weighted by molar-refractivity contribution is 6.09. The van der Waals surface area contributed by atoms with Crippen molar-refractivity contribution in [3.05, 3.63) is 0 Å². The van der Waals surface area contributed by atoms with Gasteiger partial charge in [0.1, 0.15) is 11.6 Å². The third-order valence-corrected chi connectivity index (χ3v) is 5.31. The van der Waals surface area contributed by atoms with Crippen LogP contribution in [0, 0.1) is 10.8 Å². The second-order valence-corrected chi connectivity index (χ2v) is 7.41. The summed E-state index contributed by atoms with van der Waals surface area (Å²) in [4.78, 5) is 12.0. The molecule has 134 valence electrons. The predicted molar refractivity (Wildman–Crippen MR) is 98.9 cm³/mol. The number of carbonyl (C=O) groups excluding carboxylic acids is 1. The quantitative estimate of drug-likeness (QED) is 0.216. The Balaban J connectivity index is 1.82. The van der Waals surface area contributed by atoms with Crippen LogP contribution in [-0.4, -0.2) is 11.6 Å². The fourth-order valence-corrected chi connectivity index (χ4v) is 3.37. The standard InChI is InChI=1S/C20H38N2O/c1-2-3-4-5-6-7-8-9-10-11-12-13-14-15-18(23)20(16-17-20)19(21)22/h2-17H2,1H3,(H3,21,22). The van der Waals surface area contributed by atoms with Gasteiger partial charge in [0.05, 0.1) is 5.41 Å². The molecule has 0 aromatic rings. The minimum atomic E-state index is -0.531. The SMILES string of the molecule is CCCCCCCCCCCCCCCC(=O)C1(C(=N)N)CC1. The van der Waals surface area contributed by atoms with Crippen molar-refractivity contribution in [2.75, 3.05) is 0 Å². The van der Waals surface area contributed by atoms with E-state index in [1.54, 1.807) is 0 Å². The van der Waals surface area contributed by atoms with E-state index in [4.69, 9.17) is 11.1 Å². The van der Waals surface area contributed by atoms with Crippen LogP contribution in [0.25, 0.3) is 0 Å². The highest BCUT2D eigenvalue weighted by Crippen LogP contribution is 2.47. The van der Waals surface area contributed by atoms with Gasteiger partial charge in [0.15, 0.2) is 0 Å². The van der Waals surface area contributed by atoms with Crippen LogP contribution in [-0.2, 0) is 4.79 Å². The van der Waals surface area contributed by atoms with Crippen LogP contribution in [0.5, 0.6) is 0 Å². The molecule has 0 saturated heterocycles. The molecule has 1 rings (SSSR count). The summed E-state index contributed by atoms with van der Waals surface area (Å²) in [6.07, 6.45) is 19.4. The monoisotopic (exact) mass is 322 g/mol. The van der Waals surface area contributed by atoms with Crippen molar-refractivity contribution in [3.8, 4) is 0 Å². The molecule has 0 spiro atoms. The van der Waals surface area contributed by atoms with Crippen molar-refractivity contribution in [3.63, 3.8) is 0 Å². The van der Waals surface area contributed by atoms with E-state index in [1.165, 1.54) is 70.6 Å². The largest absolute Gasteiger partial charge is 0.387 e. The number of nitrogens with one attached hydrogen (secondary N) is 1. The minimum Gasteiger partial charge on any atom is -0.387 e. The summed E-state index contributed by atoms with van der Waals surface area (Å²) < 4.78 is 0. The first-order valence-corrected chi connectivity index (χ1v) is 10.0. The average Bonchev–Trinajstić information content (AvgIpc) is 3.33. The molecule has 23 heavy (non-hydrogen) atoms. The van der Waals surface area contributed by atoms with Gasteiger partial charge in [-0.2, -0.15) is 0 Å². The molecule has 0 aromatic heterocycles. The lowest BCUT2D eigenvalue weighted by Crippen LogP contribution is -2.31. The van der Waals surface area contributed by atoms with E-state index in [0.29, 0.717) is 6.42 Å². The van der Waals surface area contributed by atoms with Gasteiger partial charge in [-0.1, -0.05) is 84.0 Å². The molecule has 0 atom stereocenters. The molecule has 1 fully saturated rings. The van der Waals surface area contributed by atoms with Crippen molar-refractivity contribution in [1.82, 2.24) is 0 Å². The summed E-state index contributed by atoms with van der Waals surface area (Å²) in [5.74, 6) is 0.310. The number of carbonyl (C=O) groups is 1. The number of ketones is 1. The summed E-state index contributed by atoms with van der Waals surface area (Å²) in [6.45, 7) is 2.27. The number of Topliss-reactive ketones (excluding diaryl/α,β-unsaturated/α-hetero) is 1. The zero-order valence-corrected chi connectivity index (χ0v) is 15.3. The van der Waals surface area contributed by atoms with Crippen LogP contribution >= 0.6 is 0 Å². The Hall–Kier alpha value is -0.860. The molecule has 0 bridgehead atoms. The smallest absolute Gasteiger partial charge is 0.146 e. The van der Waals surface area contributed by atoms with Crippen molar-refractivity contribution in [2.45, 2.75) is 110 Å². The van der Waals surface area contributed by atoms with Crippen molar-refractivity contribution in [2.24, 2.45) is 11.1 Å². The van der Waals surface area contributed by atoms with Crippen LogP contribution in [0.1, 0.15) is 110 Å². The summed E-state index contributed by atoms with van der Waals surface area (Å²) in [5, 5.41) is 7.52. The Morgan fingerprint density at radius 2 is 1.22 bits per heavy atom. The van der Waals surface area contributed by atoms with Gasteiger partial charge in [0.25, 0.3) is 0 Å². The second kappa shape index (κ2) is 11.6. The molecule has 0 amide bonds. The lowest BCUT2D eigenvalue weighted by Gasteiger charge is -2.11. The van der Waals surface area contributed by atoms with Crippen molar-refractivity contribution >= 4 is 11.6 Å². The maximum Gasteiger partial charge on any atom is 0.146 e. The molecule has 0 radical (unpaired) electrons. The lowest BCUT2D eigenvalue weighted by molar-refractivity contribution is -0.122. The maximum absolute atomic E-state index is 12.0. The van der Waals surface area contributed by atoms with E-state index in [9.17, 15) is 4.79 Å². The molecule has 3 nitrogen and oxygen atoms in total. The number of hydrogen-bond donors (Lipinski definition) is 2. The van der Waals surface area contributed by atoms with Gasteiger partial charge in [0.2, 0.25) is 0 Å². The lowest BCUT2D eigenvalue weighted by atomic mass is 9.95. The Morgan fingerprint density at radius 1 is 0.826 bits per heavy atom. The first-order chi connectivity index (χ1) is 11.1. The van der Waals surface area contributed by atoms with E-state index in [-0.39, 0.29) is 11.6 Å². The normalized spacial score (nSPS) is 15.5. The Kier molecular flexibility index (Phi) is 10.2. The van der Waals surface area contributed by atoms with Gasteiger partial charge in [-0.3, -0.25) is 10.2 Å². The van der Waals surface area contributed by atoms with Gasteiger partial charge in [-0.25, -0.2) is 0 Å². The third-order valence-electron chi connectivity index (χ3n) is 5.31. The molecule has 1 saturated carbocycles. The molecule has 0 aliphatic heterocycles. The highest BCUT2D eigenvalue weighted by atomic mass is 16.1. The number of rotatable bonds is 16. The van der Waals surface area contributed by atoms with E-state index in [2.05, 4.69) is 6.92 Å². The number of hydrogen-bond acceptors (Lipinski definition) is 2. The summed E-state index contributed by atoms with van der Waals surface area (Å²) >= 11 is 0. The molecular formula is C20H38N2O. The summed E-state index contributed by atoms with van der Waals surface area (Å²) in [6, 6.07) is 0.